The molecule has 6 nitrogen and oxygen atoms in total. The van der Waals surface area contributed by atoms with Gasteiger partial charge in [0.15, 0.2) is 4.77 Å². The van der Waals surface area contributed by atoms with Gasteiger partial charge in [-0.15, -0.1) is 0 Å². The van der Waals surface area contributed by atoms with Crippen molar-refractivity contribution in [1.29, 1.82) is 0 Å². The first-order chi connectivity index (χ1) is 6.75. The number of nitrogens with zero attached hydrogens (tertiary/aromatic N) is 2. The van der Waals surface area contributed by atoms with Gasteiger partial charge in [-0.25, -0.2) is 0 Å². The van der Waals surface area contributed by atoms with Crippen molar-refractivity contribution < 1.29 is 34.6 Å². The van der Waals surface area contributed by atoms with E-state index in [9.17, 15) is 0 Å². The minimum Gasteiger partial charge on any atom is -0.327 e. The third kappa shape index (κ3) is 9.08. The van der Waals surface area contributed by atoms with E-state index in [4.69, 9.17) is 29.7 Å². The summed E-state index contributed by atoms with van der Waals surface area (Å²) in [6.45, 7) is 3.18. The van der Waals surface area contributed by atoms with Gasteiger partial charge in [0, 0.05) is 26.0 Å². The average molecular weight is 318 g/mol. The van der Waals surface area contributed by atoms with Gasteiger partial charge in [-0.3, -0.25) is 9.11 Å². The van der Waals surface area contributed by atoms with Gasteiger partial charge < -0.3 is 9.13 Å². The molecule has 0 aliphatic carbocycles. The van der Waals surface area contributed by atoms with Crippen LogP contribution in [0.25, 0.3) is 0 Å². The standard InChI is InChI=1S/C7H12N2S.Cu.H2O4S/c1-3-4-9-6-5-8(2)7(9)10;;1-5(2,3)4/h5-6H,3-4H2,1-2H3;;(H2,1,2,3,4)/q;+1;. The summed E-state index contributed by atoms with van der Waals surface area (Å²) in [6.07, 6.45) is 5.14. The Labute approximate surface area is 110 Å². The first kappa shape index (κ1) is 18.2. The molecule has 0 radical (unpaired) electrons. The Bertz CT molecular complexity index is 443. The molecule has 98 valence electrons. The van der Waals surface area contributed by atoms with Gasteiger partial charge in [0.25, 0.3) is 0 Å². The Balaban J connectivity index is 0. The molecule has 0 aromatic carbocycles. The maximum Gasteiger partial charge on any atom is 1.00 e. The fourth-order valence-electron chi connectivity index (χ4n) is 0.922. The monoisotopic (exact) mass is 317 g/mol. The zero-order valence-corrected chi connectivity index (χ0v) is 11.4. The Morgan fingerprint density at radius 3 is 2.06 bits per heavy atom. The third-order valence-electron chi connectivity index (χ3n) is 1.48. The molecule has 0 aliphatic heterocycles. The molecule has 0 atom stereocenters. The quantitative estimate of drug-likeness (QED) is 0.488. The van der Waals surface area contributed by atoms with Gasteiger partial charge in [0.1, 0.15) is 0 Å². The van der Waals surface area contributed by atoms with Crippen LogP contribution in [0.2, 0.25) is 0 Å². The van der Waals surface area contributed by atoms with Crippen molar-refractivity contribution in [3.05, 3.63) is 17.2 Å². The van der Waals surface area contributed by atoms with Crippen LogP contribution in [0.1, 0.15) is 13.3 Å². The predicted molar refractivity (Wildman–Crippen MR) is 58.7 cm³/mol. The van der Waals surface area contributed by atoms with Crippen molar-refractivity contribution in [2.24, 2.45) is 7.05 Å². The van der Waals surface area contributed by atoms with Crippen LogP contribution in [0, 0.1) is 4.77 Å². The molecule has 0 saturated carbocycles. The van der Waals surface area contributed by atoms with Crippen LogP contribution < -0.4 is 0 Å². The van der Waals surface area contributed by atoms with E-state index < -0.39 is 10.4 Å². The molecule has 2 N–H and O–H groups in total. The van der Waals surface area contributed by atoms with E-state index in [0.29, 0.717) is 0 Å². The van der Waals surface area contributed by atoms with Gasteiger partial charge in [0.05, 0.1) is 0 Å². The van der Waals surface area contributed by atoms with Gasteiger partial charge >= 0.3 is 27.5 Å². The van der Waals surface area contributed by atoms with E-state index in [0.717, 1.165) is 17.7 Å². The summed E-state index contributed by atoms with van der Waals surface area (Å²) < 4.78 is 36.5. The first-order valence-electron chi connectivity index (χ1n) is 4.17. The van der Waals surface area contributed by atoms with Crippen LogP contribution in [0.4, 0.5) is 0 Å². The third-order valence-corrected chi connectivity index (χ3v) is 2.00. The molecule has 0 amide bonds. The molecular formula is C7H14CuN2O4S2+. The molecule has 0 bridgehead atoms. The Morgan fingerprint density at radius 1 is 1.38 bits per heavy atom. The summed E-state index contributed by atoms with van der Waals surface area (Å²) in [5, 5.41) is 0. The van der Waals surface area contributed by atoms with Crippen LogP contribution in [0.3, 0.4) is 0 Å². The smallest absolute Gasteiger partial charge is 0.327 e. The van der Waals surface area contributed by atoms with Crippen LogP contribution in [-0.2, 0) is 41.1 Å². The summed E-state index contributed by atoms with van der Waals surface area (Å²) in [6, 6.07) is 0. The number of aromatic nitrogens is 2. The molecule has 0 saturated heterocycles. The number of hydrogen-bond acceptors (Lipinski definition) is 3. The van der Waals surface area contributed by atoms with E-state index in [1.54, 1.807) is 0 Å². The fraction of sp³-hybridized carbons (Fsp3) is 0.571. The summed E-state index contributed by atoms with van der Waals surface area (Å²) in [5.41, 5.74) is 0. The van der Waals surface area contributed by atoms with Crippen molar-refractivity contribution in [2.75, 3.05) is 0 Å². The van der Waals surface area contributed by atoms with Crippen LogP contribution in [0.5, 0.6) is 0 Å². The molecule has 1 rings (SSSR count). The number of imidazole rings is 1. The second-order valence-corrected chi connectivity index (χ2v) is 4.09. The molecule has 0 spiro atoms. The minimum absolute atomic E-state index is 0. The summed E-state index contributed by atoms with van der Waals surface area (Å²) in [5.74, 6) is 0. The maximum absolute atomic E-state index is 8.74. The number of rotatable bonds is 2. The topological polar surface area (TPSA) is 84.5 Å². The minimum atomic E-state index is -4.67. The molecule has 0 unspecified atom stereocenters. The van der Waals surface area contributed by atoms with Crippen LogP contribution in [-0.4, -0.2) is 26.7 Å². The average Bonchev–Trinajstić information content (AvgIpc) is 2.34. The zero-order valence-electron chi connectivity index (χ0n) is 8.79. The molecule has 0 aliphatic rings. The number of hydrogen-bond donors (Lipinski definition) is 2. The van der Waals surface area contributed by atoms with E-state index in [-0.39, 0.29) is 17.1 Å². The van der Waals surface area contributed by atoms with Crippen LogP contribution in [0.15, 0.2) is 12.4 Å². The zero-order chi connectivity index (χ0) is 12.1. The molecular weight excluding hydrogens is 304 g/mol. The second-order valence-electron chi connectivity index (χ2n) is 2.83. The molecule has 1 aromatic rings. The van der Waals surface area contributed by atoms with Crippen LogP contribution >= 0.6 is 12.2 Å². The summed E-state index contributed by atoms with van der Waals surface area (Å²) in [4.78, 5) is 0. The van der Waals surface area contributed by atoms with Crippen molar-refractivity contribution >= 4 is 22.6 Å². The van der Waals surface area contributed by atoms with Gasteiger partial charge in [-0.05, 0) is 18.6 Å². The normalized spacial score (nSPS) is 10.0. The molecule has 0 fully saturated rings. The van der Waals surface area contributed by atoms with Crippen molar-refractivity contribution in [1.82, 2.24) is 9.13 Å². The largest absolute Gasteiger partial charge is 1.00 e. The first-order valence-corrected chi connectivity index (χ1v) is 5.98. The Kier molecular flexibility index (Phi) is 9.09. The van der Waals surface area contributed by atoms with E-state index in [1.807, 2.05) is 24.0 Å². The number of aryl methyl sites for hydroxylation is 2. The van der Waals surface area contributed by atoms with Crippen molar-refractivity contribution in [3.8, 4) is 0 Å². The van der Waals surface area contributed by atoms with Crippen molar-refractivity contribution in [3.63, 3.8) is 0 Å². The van der Waals surface area contributed by atoms with E-state index >= 15 is 0 Å². The van der Waals surface area contributed by atoms with Gasteiger partial charge in [-0.2, -0.15) is 8.42 Å². The predicted octanol–water partition coefficient (Wildman–Crippen LogP) is 1.31. The summed E-state index contributed by atoms with van der Waals surface area (Å²) in [7, 11) is -2.70. The molecule has 16 heavy (non-hydrogen) atoms. The fourth-order valence-corrected chi connectivity index (χ4v) is 1.13. The summed E-state index contributed by atoms with van der Waals surface area (Å²) >= 11 is 5.12. The van der Waals surface area contributed by atoms with Gasteiger partial charge in [-0.1, -0.05) is 6.92 Å². The maximum atomic E-state index is 8.74. The Hall–Kier alpha value is -0.181. The van der Waals surface area contributed by atoms with Gasteiger partial charge in [0.2, 0.25) is 0 Å². The SMILES string of the molecule is CCCn1ccn(C)c1=S.O=S(=O)(O)O.[Cu+]. The van der Waals surface area contributed by atoms with Crippen molar-refractivity contribution in [2.45, 2.75) is 19.9 Å². The molecule has 9 heteroatoms. The Morgan fingerprint density at radius 2 is 1.81 bits per heavy atom. The van der Waals surface area contributed by atoms with E-state index in [1.165, 1.54) is 0 Å². The second kappa shape index (κ2) is 7.99. The molecule has 1 heterocycles. The van der Waals surface area contributed by atoms with E-state index in [2.05, 4.69) is 11.5 Å². The molecule has 1 aromatic heterocycles.